The number of benzene rings is 1. The quantitative estimate of drug-likeness (QED) is 0.221. The molecule has 0 unspecified atom stereocenters. The normalized spacial score (nSPS) is 19.1. The maximum Gasteiger partial charge on any atom is 0.232 e. The van der Waals surface area contributed by atoms with E-state index in [1.165, 1.54) is 23.7 Å². The largest absolute Gasteiger partial charge is 0.381 e. The van der Waals surface area contributed by atoms with Gasteiger partial charge in [-0.25, -0.2) is 15.0 Å². The van der Waals surface area contributed by atoms with Crippen LogP contribution in [0.15, 0.2) is 59.0 Å². The van der Waals surface area contributed by atoms with Gasteiger partial charge >= 0.3 is 0 Å². The maximum atomic E-state index is 6.16. The monoisotopic (exact) mass is 569 g/mol. The Hall–Kier alpha value is -2.53. The van der Waals surface area contributed by atoms with Crippen LogP contribution in [0.25, 0.3) is 0 Å². The molecule has 38 heavy (non-hydrogen) atoms. The van der Waals surface area contributed by atoms with E-state index in [1.807, 2.05) is 18.2 Å². The number of piperidine rings is 1. The van der Waals surface area contributed by atoms with Gasteiger partial charge in [-0.05, 0) is 79.3 Å². The van der Waals surface area contributed by atoms with Gasteiger partial charge in [-0.1, -0.05) is 30.7 Å². The van der Waals surface area contributed by atoms with E-state index in [1.54, 1.807) is 18.5 Å². The number of thiocarbonyl (C=S) groups is 1. The van der Waals surface area contributed by atoms with Crippen molar-refractivity contribution in [2.45, 2.75) is 48.2 Å². The molecule has 0 spiro atoms. The number of ether oxygens (including phenoxy) is 1. The minimum absolute atomic E-state index is 0.0904. The summed E-state index contributed by atoms with van der Waals surface area (Å²) in [6, 6.07) is 11.9. The molecule has 11 heteroatoms. The molecule has 2 saturated heterocycles. The van der Waals surface area contributed by atoms with Crippen molar-refractivity contribution in [3.63, 3.8) is 0 Å². The van der Waals surface area contributed by atoms with E-state index < -0.39 is 0 Å². The van der Waals surface area contributed by atoms with Crippen LogP contribution in [-0.2, 0) is 10.2 Å². The summed E-state index contributed by atoms with van der Waals surface area (Å²) < 4.78 is 5.67. The average Bonchev–Trinajstić information content (AvgIpc) is 2.93. The van der Waals surface area contributed by atoms with Crippen LogP contribution in [0, 0.1) is 5.92 Å². The number of rotatable bonds is 7. The molecule has 1 atom stereocenters. The second-order valence-electron chi connectivity index (χ2n) is 9.92. The topological polar surface area (TPSA) is 88.1 Å². The first-order valence-electron chi connectivity index (χ1n) is 13.0. The predicted octanol–water partition coefficient (Wildman–Crippen LogP) is 5.34. The Balaban J connectivity index is 1.33. The van der Waals surface area contributed by atoms with Crippen molar-refractivity contribution in [3.8, 4) is 0 Å². The summed E-state index contributed by atoms with van der Waals surface area (Å²) in [6.07, 6.45) is 7.65. The van der Waals surface area contributed by atoms with Crippen LogP contribution < -0.4 is 15.5 Å². The molecule has 3 aromatic rings. The van der Waals surface area contributed by atoms with Gasteiger partial charge in [0.15, 0.2) is 10.3 Å². The number of anilines is 2. The van der Waals surface area contributed by atoms with Gasteiger partial charge in [0, 0.05) is 61.7 Å². The predicted molar refractivity (Wildman–Crippen MR) is 156 cm³/mol. The summed E-state index contributed by atoms with van der Waals surface area (Å²) in [5.41, 5.74) is 1.15. The van der Waals surface area contributed by atoms with E-state index in [-0.39, 0.29) is 5.41 Å². The van der Waals surface area contributed by atoms with E-state index in [0.29, 0.717) is 41.9 Å². The molecule has 200 valence electrons. The zero-order valence-electron chi connectivity index (χ0n) is 21.4. The van der Waals surface area contributed by atoms with Gasteiger partial charge in [0.2, 0.25) is 5.95 Å². The number of hydrogen-bond donors (Lipinski definition) is 2. The van der Waals surface area contributed by atoms with Crippen molar-refractivity contribution in [2.75, 3.05) is 43.1 Å². The van der Waals surface area contributed by atoms with Gasteiger partial charge < -0.3 is 20.3 Å². The number of nitrogens with one attached hydrogen (secondary N) is 2. The number of hydrogen-bond acceptors (Lipinski definition) is 8. The van der Waals surface area contributed by atoms with Crippen molar-refractivity contribution < 1.29 is 4.74 Å². The zero-order chi connectivity index (χ0) is 26.4. The van der Waals surface area contributed by atoms with Crippen LogP contribution in [0.2, 0.25) is 5.02 Å². The lowest BCUT2D eigenvalue weighted by atomic mass is 9.74. The van der Waals surface area contributed by atoms with Gasteiger partial charge in [0.05, 0.1) is 0 Å². The SMILES string of the molecule is C[C@@H]1CCCN(c2cc(Sc3ncccn3)nc(NC(=S)NCC3(c4ccc(Cl)cc4)CCOCC3)n2)C1. The highest BCUT2D eigenvalue weighted by Crippen LogP contribution is 2.35. The van der Waals surface area contributed by atoms with Crippen LogP contribution in [0.1, 0.15) is 38.2 Å². The Labute approximate surface area is 238 Å². The Morgan fingerprint density at radius 2 is 1.95 bits per heavy atom. The summed E-state index contributed by atoms with van der Waals surface area (Å²) >= 11 is 13.3. The molecule has 0 bridgehead atoms. The van der Waals surface area contributed by atoms with E-state index >= 15 is 0 Å². The molecule has 5 rings (SSSR count). The molecule has 1 aromatic carbocycles. The van der Waals surface area contributed by atoms with E-state index in [2.05, 4.69) is 44.6 Å². The summed E-state index contributed by atoms with van der Waals surface area (Å²) in [4.78, 5) is 20.6. The highest BCUT2D eigenvalue weighted by atomic mass is 35.5. The smallest absolute Gasteiger partial charge is 0.232 e. The first-order valence-corrected chi connectivity index (χ1v) is 14.6. The molecule has 0 amide bonds. The highest BCUT2D eigenvalue weighted by Gasteiger charge is 2.34. The second-order valence-corrected chi connectivity index (χ2v) is 11.8. The van der Waals surface area contributed by atoms with Crippen LogP contribution in [0.4, 0.5) is 11.8 Å². The van der Waals surface area contributed by atoms with Crippen LogP contribution >= 0.6 is 35.6 Å². The first kappa shape index (κ1) is 27.1. The molecule has 2 N–H and O–H groups in total. The Kier molecular flexibility index (Phi) is 8.93. The Morgan fingerprint density at radius 3 is 2.68 bits per heavy atom. The fourth-order valence-electron chi connectivity index (χ4n) is 5.04. The molecule has 0 aliphatic carbocycles. The molecule has 8 nitrogen and oxygen atoms in total. The third kappa shape index (κ3) is 6.91. The number of nitrogens with zero attached hydrogens (tertiary/aromatic N) is 5. The Bertz CT molecular complexity index is 1230. The molecule has 2 aliphatic rings. The minimum atomic E-state index is -0.0904. The molecular formula is C27H32ClN7OS2. The average molecular weight is 570 g/mol. The Morgan fingerprint density at radius 1 is 1.18 bits per heavy atom. The minimum Gasteiger partial charge on any atom is -0.381 e. The summed E-state index contributed by atoms with van der Waals surface area (Å²) in [7, 11) is 0. The highest BCUT2D eigenvalue weighted by molar-refractivity contribution is 7.99. The molecule has 2 aromatic heterocycles. The first-order chi connectivity index (χ1) is 18.5. The van der Waals surface area contributed by atoms with Crippen molar-refractivity contribution in [3.05, 3.63) is 59.4 Å². The fraction of sp³-hybridized carbons (Fsp3) is 0.444. The third-order valence-electron chi connectivity index (χ3n) is 7.13. The summed E-state index contributed by atoms with van der Waals surface area (Å²) in [5.74, 6) is 1.97. The van der Waals surface area contributed by atoms with E-state index in [4.69, 9.17) is 38.5 Å². The molecule has 0 radical (unpaired) electrons. The van der Waals surface area contributed by atoms with Crippen molar-refractivity contribution in [1.29, 1.82) is 0 Å². The molecule has 2 fully saturated rings. The van der Waals surface area contributed by atoms with Crippen molar-refractivity contribution >= 4 is 52.5 Å². The maximum absolute atomic E-state index is 6.16. The van der Waals surface area contributed by atoms with Gasteiger partial charge in [-0.3, -0.25) is 0 Å². The van der Waals surface area contributed by atoms with E-state index in [9.17, 15) is 0 Å². The fourth-order valence-corrected chi connectivity index (χ4v) is 6.04. The zero-order valence-corrected chi connectivity index (χ0v) is 23.8. The van der Waals surface area contributed by atoms with Crippen LogP contribution in [0.5, 0.6) is 0 Å². The number of aromatic nitrogens is 4. The van der Waals surface area contributed by atoms with Crippen LogP contribution in [-0.4, -0.2) is 57.9 Å². The molecule has 2 aliphatic heterocycles. The lowest BCUT2D eigenvalue weighted by Gasteiger charge is -2.38. The van der Waals surface area contributed by atoms with Gasteiger partial charge in [-0.15, -0.1) is 0 Å². The lowest BCUT2D eigenvalue weighted by Crippen LogP contribution is -2.45. The van der Waals surface area contributed by atoms with E-state index in [0.717, 1.165) is 48.2 Å². The molecule has 4 heterocycles. The van der Waals surface area contributed by atoms with Gasteiger partial charge in [0.1, 0.15) is 10.8 Å². The number of halogens is 1. The molecular weight excluding hydrogens is 538 g/mol. The van der Waals surface area contributed by atoms with Gasteiger partial charge in [-0.2, -0.15) is 4.98 Å². The van der Waals surface area contributed by atoms with Crippen LogP contribution in [0.3, 0.4) is 0 Å². The summed E-state index contributed by atoms with van der Waals surface area (Å²) in [6.45, 7) is 6.33. The van der Waals surface area contributed by atoms with Crippen molar-refractivity contribution in [1.82, 2.24) is 25.3 Å². The standard InChI is InChI=1S/C27H32ClN7OS2/c1-19-4-2-13-35(17-19)22-16-23(38-26-29-11-3-12-30-26)33-24(32-22)34-25(37)31-18-27(9-14-36-15-10-27)20-5-7-21(28)8-6-20/h3,5-8,11-12,16,19H,2,4,9-10,13-15,17-18H2,1H3,(H2,31,32,33,34,37)/t19-/m1/s1. The van der Waals surface area contributed by atoms with Gasteiger partial charge in [0.25, 0.3) is 0 Å². The third-order valence-corrected chi connectivity index (χ3v) is 8.44. The second kappa shape index (κ2) is 12.5. The molecule has 0 saturated carbocycles. The lowest BCUT2D eigenvalue weighted by molar-refractivity contribution is 0.0515. The van der Waals surface area contributed by atoms with Crippen molar-refractivity contribution in [2.24, 2.45) is 5.92 Å². The summed E-state index contributed by atoms with van der Waals surface area (Å²) in [5, 5.41) is 9.31.